The van der Waals surface area contributed by atoms with Gasteiger partial charge in [0, 0.05) is 19.2 Å². The van der Waals surface area contributed by atoms with Crippen LogP contribution in [0.5, 0.6) is 11.5 Å². The fraction of sp³-hybridized carbons (Fsp3) is 0.500. The van der Waals surface area contributed by atoms with Gasteiger partial charge >= 0.3 is 0 Å². The molecule has 1 heterocycles. The van der Waals surface area contributed by atoms with Crippen LogP contribution in [0.3, 0.4) is 0 Å². The maximum atomic E-state index is 12.2. The molecule has 6 nitrogen and oxygen atoms in total. The van der Waals surface area contributed by atoms with Crippen LogP contribution in [0.2, 0.25) is 0 Å². The van der Waals surface area contributed by atoms with Crippen molar-refractivity contribution in [2.45, 2.75) is 26.1 Å². The molecule has 1 aliphatic rings. The monoisotopic (exact) mass is 304 g/mol. The minimum Gasteiger partial charge on any atom is -0.493 e. The molecule has 0 unspecified atom stereocenters. The first kappa shape index (κ1) is 16.1. The smallest absolute Gasteiger partial charge is 0.260 e. The fourth-order valence-electron chi connectivity index (χ4n) is 2.47. The van der Waals surface area contributed by atoms with Gasteiger partial charge in [-0.3, -0.25) is 4.79 Å². The SMILES string of the molecule is COc1cc(C#N)ccc1OCC(=O)N1C[C@H](C)O[C@@H](C)C1. The van der Waals surface area contributed by atoms with E-state index in [0.29, 0.717) is 30.2 Å². The van der Waals surface area contributed by atoms with E-state index in [1.165, 1.54) is 7.11 Å². The molecule has 1 saturated heterocycles. The van der Waals surface area contributed by atoms with Crippen LogP contribution in [0.1, 0.15) is 19.4 Å². The first-order chi connectivity index (χ1) is 10.5. The van der Waals surface area contributed by atoms with Crippen molar-refractivity contribution in [1.82, 2.24) is 4.90 Å². The number of amides is 1. The van der Waals surface area contributed by atoms with Gasteiger partial charge < -0.3 is 19.1 Å². The van der Waals surface area contributed by atoms with Gasteiger partial charge in [0.15, 0.2) is 18.1 Å². The van der Waals surface area contributed by atoms with E-state index in [2.05, 4.69) is 0 Å². The highest BCUT2D eigenvalue weighted by atomic mass is 16.5. The summed E-state index contributed by atoms with van der Waals surface area (Å²) in [5.41, 5.74) is 0.478. The predicted molar refractivity (Wildman–Crippen MR) is 79.8 cm³/mol. The fourth-order valence-corrected chi connectivity index (χ4v) is 2.47. The number of nitrogens with zero attached hydrogens (tertiary/aromatic N) is 2. The number of carbonyl (C=O) groups excluding carboxylic acids is 1. The Hall–Kier alpha value is -2.26. The van der Waals surface area contributed by atoms with Gasteiger partial charge in [0.05, 0.1) is 31.0 Å². The van der Waals surface area contributed by atoms with Crippen molar-refractivity contribution in [3.63, 3.8) is 0 Å². The molecule has 0 radical (unpaired) electrons. The molecule has 2 atom stereocenters. The van der Waals surface area contributed by atoms with Crippen LogP contribution >= 0.6 is 0 Å². The number of benzene rings is 1. The molecule has 6 heteroatoms. The number of rotatable bonds is 4. The van der Waals surface area contributed by atoms with E-state index < -0.39 is 0 Å². The molecule has 118 valence electrons. The maximum absolute atomic E-state index is 12.2. The molecule has 22 heavy (non-hydrogen) atoms. The highest BCUT2D eigenvalue weighted by Gasteiger charge is 2.26. The highest BCUT2D eigenvalue weighted by Crippen LogP contribution is 2.27. The maximum Gasteiger partial charge on any atom is 0.260 e. The number of morpholine rings is 1. The first-order valence-electron chi connectivity index (χ1n) is 7.17. The van der Waals surface area contributed by atoms with Crippen molar-refractivity contribution in [2.24, 2.45) is 0 Å². The van der Waals surface area contributed by atoms with Crippen molar-refractivity contribution in [3.05, 3.63) is 23.8 Å². The lowest BCUT2D eigenvalue weighted by Crippen LogP contribution is -2.49. The average Bonchev–Trinajstić information content (AvgIpc) is 2.51. The lowest BCUT2D eigenvalue weighted by Gasteiger charge is -2.35. The van der Waals surface area contributed by atoms with Crippen molar-refractivity contribution in [3.8, 4) is 17.6 Å². The predicted octanol–water partition coefficient (Wildman–Crippen LogP) is 1.58. The van der Waals surface area contributed by atoms with Crippen molar-refractivity contribution in [1.29, 1.82) is 5.26 Å². The summed E-state index contributed by atoms with van der Waals surface area (Å²) >= 11 is 0. The molecule has 2 rings (SSSR count). The zero-order valence-corrected chi connectivity index (χ0v) is 13.0. The highest BCUT2D eigenvalue weighted by molar-refractivity contribution is 5.78. The van der Waals surface area contributed by atoms with E-state index in [1.54, 1.807) is 23.1 Å². The third-order valence-corrected chi connectivity index (χ3v) is 3.42. The lowest BCUT2D eigenvalue weighted by atomic mass is 10.2. The molecular weight excluding hydrogens is 284 g/mol. The second-order valence-electron chi connectivity index (χ2n) is 5.32. The number of carbonyl (C=O) groups is 1. The van der Waals surface area contributed by atoms with Gasteiger partial charge in [-0.1, -0.05) is 0 Å². The number of hydrogen-bond acceptors (Lipinski definition) is 5. The third kappa shape index (κ3) is 3.89. The molecule has 0 aromatic heterocycles. The second-order valence-corrected chi connectivity index (χ2v) is 5.32. The molecule has 0 aliphatic carbocycles. The van der Waals surface area contributed by atoms with Crippen LogP contribution in [0.4, 0.5) is 0 Å². The normalized spacial score (nSPS) is 21.1. The number of methoxy groups -OCH3 is 1. The van der Waals surface area contributed by atoms with E-state index in [0.717, 1.165) is 0 Å². The Morgan fingerprint density at radius 1 is 1.36 bits per heavy atom. The summed E-state index contributed by atoms with van der Waals surface area (Å²) in [6.45, 7) is 4.96. The molecule has 0 spiro atoms. The molecule has 1 fully saturated rings. The zero-order valence-electron chi connectivity index (χ0n) is 13.0. The Bertz CT molecular complexity index is 572. The molecule has 1 aromatic carbocycles. The Balaban J connectivity index is 1.98. The van der Waals surface area contributed by atoms with E-state index >= 15 is 0 Å². The van der Waals surface area contributed by atoms with Gasteiger partial charge in [0.25, 0.3) is 5.91 Å². The summed E-state index contributed by atoms with van der Waals surface area (Å²) in [5.74, 6) is 0.799. The van der Waals surface area contributed by atoms with E-state index in [4.69, 9.17) is 19.5 Å². The lowest BCUT2D eigenvalue weighted by molar-refractivity contribution is -0.145. The number of hydrogen-bond donors (Lipinski definition) is 0. The van der Waals surface area contributed by atoms with Gasteiger partial charge in [0.2, 0.25) is 0 Å². The van der Waals surface area contributed by atoms with E-state index in [1.807, 2.05) is 19.9 Å². The average molecular weight is 304 g/mol. The molecule has 1 amide bonds. The summed E-state index contributed by atoms with van der Waals surface area (Å²) < 4.78 is 16.3. The summed E-state index contributed by atoms with van der Waals surface area (Å²) in [4.78, 5) is 14.0. The molecule has 1 aromatic rings. The Morgan fingerprint density at radius 3 is 2.64 bits per heavy atom. The van der Waals surface area contributed by atoms with Crippen LogP contribution in [0.25, 0.3) is 0 Å². The molecule has 0 N–H and O–H groups in total. The quantitative estimate of drug-likeness (QED) is 0.844. The van der Waals surface area contributed by atoms with Gasteiger partial charge in [-0.15, -0.1) is 0 Å². The third-order valence-electron chi connectivity index (χ3n) is 3.42. The summed E-state index contributed by atoms with van der Waals surface area (Å²) in [7, 11) is 1.50. The van der Waals surface area contributed by atoms with Gasteiger partial charge in [-0.2, -0.15) is 5.26 Å². The summed E-state index contributed by atoms with van der Waals surface area (Å²) in [6, 6.07) is 6.87. The minimum atomic E-state index is -0.0894. The topological polar surface area (TPSA) is 71.8 Å². The van der Waals surface area contributed by atoms with Crippen LogP contribution in [0, 0.1) is 11.3 Å². The molecule has 0 bridgehead atoms. The molecular formula is C16H20N2O4. The summed E-state index contributed by atoms with van der Waals surface area (Å²) in [5, 5.41) is 8.87. The number of nitriles is 1. The standard InChI is InChI=1S/C16H20N2O4/c1-11-8-18(9-12(2)22-11)16(19)10-21-14-5-4-13(7-17)6-15(14)20-3/h4-6,11-12H,8-10H2,1-3H3/t11-,12-/m0/s1. The largest absolute Gasteiger partial charge is 0.493 e. The van der Waals surface area contributed by atoms with Crippen LogP contribution in [0.15, 0.2) is 18.2 Å². The summed E-state index contributed by atoms with van der Waals surface area (Å²) in [6.07, 6.45) is 0.0503. The van der Waals surface area contributed by atoms with Crippen LogP contribution < -0.4 is 9.47 Å². The zero-order chi connectivity index (χ0) is 16.1. The van der Waals surface area contributed by atoms with E-state index in [9.17, 15) is 4.79 Å². The van der Waals surface area contributed by atoms with Crippen molar-refractivity contribution < 1.29 is 19.0 Å². The molecule has 1 aliphatic heterocycles. The molecule has 0 saturated carbocycles. The van der Waals surface area contributed by atoms with Gasteiger partial charge in [-0.25, -0.2) is 0 Å². The first-order valence-corrected chi connectivity index (χ1v) is 7.17. The van der Waals surface area contributed by atoms with Crippen molar-refractivity contribution >= 4 is 5.91 Å². The minimum absolute atomic E-state index is 0.0251. The van der Waals surface area contributed by atoms with Crippen molar-refractivity contribution in [2.75, 3.05) is 26.8 Å². The van der Waals surface area contributed by atoms with Gasteiger partial charge in [0.1, 0.15) is 0 Å². The van der Waals surface area contributed by atoms with Gasteiger partial charge in [-0.05, 0) is 26.0 Å². The van der Waals surface area contributed by atoms with Crippen LogP contribution in [-0.4, -0.2) is 49.8 Å². The van der Waals surface area contributed by atoms with E-state index in [-0.39, 0.29) is 24.7 Å². The van der Waals surface area contributed by atoms with Crippen LogP contribution in [-0.2, 0) is 9.53 Å². The Kier molecular flexibility index (Phi) is 5.23. The Labute approximate surface area is 130 Å². The Morgan fingerprint density at radius 2 is 2.05 bits per heavy atom. The number of ether oxygens (including phenoxy) is 3. The second kappa shape index (κ2) is 7.14.